The highest BCUT2D eigenvalue weighted by atomic mass is 16.3. The van der Waals surface area contributed by atoms with Gasteiger partial charge in [-0.25, -0.2) is 9.50 Å². The van der Waals surface area contributed by atoms with Crippen LogP contribution in [0.1, 0.15) is 42.0 Å². The number of rotatable bonds is 5. The zero-order chi connectivity index (χ0) is 15.6. The lowest BCUT2D eigenvalue weighted by molar-refractivity contribution is 0.0910. The summed E-state index contributed by atoms with van der Waals surface area (Å²) in [6.45, 7) is 7.84. The van der Waals surface area contributed by atoms with E-state index in [9.17, 15) is 9.90 Å². The molecule has 0 aliphatic heterocycles. The van der Waals surface area contributed by atoms with Gasteiger partial charge in [-0.2, -0.15) is 5.10 Å². The van der Waals surface area contributed by atoms with Crippen molar-refractivity contribution in [2.75, 3.05) is 6.61 Å². The first-order chi connectivity index (χ1) is 9.92. The zero-order valence-electron chi connectivity index (χ0n) is 12.9. The van der Waals surface area contributed by atoms with Crippen LogP contribution >= 0.6 is 0 Å². The van der Waals surface area contributed by atoms with E-state index in [1.165, 1.54) is 6.20 Å². The van der Waals surface area contributed by atoms with Crippen LogP contribution in [0.25, 0.3) is 5.65 Å². The summed E-state index contributed by atoms with van der Waals surface area (Å²) in [5.74, 6) is 0.149. The van der Waals surface area contributed by atoms with Crippen LogP contribution < -0.4 is 5.32 Å². The van der Waals surface area contributed by atoms with Crippen LogP contribution in [0.5, 0.6) is 0 Å². The first-order valence-corrected chi connectivity index (χ1v) is 7.16. The highest BCUT2D eigenvalue weighted by Crippen LogP contribution is 2.13. The van der Waals surface area contributed by atoms with E-state index in [4.69, 9.17) is 0 Å². The molecule has 2 rings (SSSR count). The van der Waals surface area contributed by atoms with E-state index in [2.05, 4.69) is 29.2 Å². The van der Waals surface area contributed by atoms with Gasteiger partial charge in [-0.15, -0.1) is 0 Å². The lowest BCUT2D eigenvalue weighted by atomic mass is 10.0. The van der Waals surface area contributed by atoms with Gasteiger partial charge < -0.3 is 10.4 Å². The predicted octanol–water partition coefficient (Wildman–Crippen LogP) is 1.48. The van der Waals surface area contributed by atoms with Gasteiger partial charge in [-0.3, -0.25) is 4.79 Å². The number of carbonyl (C=O) groups excluding carboxylic acids is 1. The number of hydrogen-bond donors (Lipinski definition) is 2. The van der Waals surface area contributed by atoms with E-state index in [0.717, 1.165) is 17.8 Å². The smallest absolute Gasteiger partial charge is 0.257 e. The van der Waals surface area contributed by atoms with E-state index in [1.54, 1.807) is 4.52 Å². The van der Waals surface area contributed by atoms with Crippen LogP contribution in [-0.4, -0.2) is 38.3 Å². The number of nitrogens with zero attached hydrogens (tertiary/aromatic N) is 3. The van der Waals surface area contributed by atoms with Crippen LogP contribution in [0.15, 0.2) is 12.3 Å². The third kappa shape index (κ3) is 3.39. The van der Waals surface area contributed by atoms with E-state index in [-0.39, 0.29) is 18.6 Å². The molecular weight excluding hydrogens is 268 g/mol. The van der Waals surface area contributed by atoms with Gasteiger partial charge in [-0.05, 0) is 32.3 Å². The van der Waals surface area contributed by atoms with Crippen molar-refractivity contribution in [2.45, 2.75) is 40.2 Å². The van der Waals surface area contributed by atoms with E-state index < -0.39 is 0 Å². The molecule has 0 spiro atoms. The molecule has 2 aromatic heterocycles. The summed E-state index contributed by atoms with van der Waals surface area (Å²) < 4.78 is 1.65. The average molecular weight is 290 g/mol. The largest absolute Gasteiger partial charge is 0.394 e. The molecule has 114 valence electrons. The number of carbonyl (C=O) groups is 1. The molecule has 2 N–H and O–H groups in total. The lowest BCUT2D eigenvalue weighted by Gasteiger charge is -2.17. The second-order valence-corrected chi connectivity index (χ2v) is 5.82. The van der Waals surface area contributed by atoms with Gasteiger partial charge in [0.05, 0.1) is 18.8 Å². The van der Waals surface area contributed by atoms with Crippen molar-refractivity contribution in [2.24, 2.45) is 5.92 Å². The van der Waals surface area contributed by atoms with Crippen molar-refractivity contribution in [1.82, 2.24) is 19.9 Å². The van der Waals surface area contributed by atoms with Crippen molar-refractivity contribution in [3.05, 3.63) is 29.2 Å². The fourth-order valence-electron chi connectivity index (χ4n) is 2.44. The molecule has 2 aromatic rings. The summed E-state index contributed by atoms with van der Waals surface area (Å²) in [6, 6.07) is 1.66. The Hall–Kier alpha value is -1.95. The van der Waals surface area contributed by atoms with Crippen LogP contribution in [-0.2, 0) is 0 Å². The fourth-order valence-corrected chi connectivity index (χ4v) is 2.44. The van der Waals surface area contributed by atoms with E-state index >= 15 is 0 Å². The molecule has 1 amide bonds. The third-order valence-corrected chi connectivity index (χ3v) is 3.33. The second-order valence-electron chi connectivity index (χ2n) is 5.82. The zero-order valence-corrected chi connectivity index (χ0v) is 12.9. The maximum absolute atomic E-state index is 12.4. The number of hydrogen-bond acceptors (Lipinski definition) is 4. The van der Waals surface area contributed by atoms with Crippen LogP contribution in [0.3, 0.4) is 0 Å². The maximum Gasteiger partial charge on any atom is 0.257 e. The second kappa shape index (κ2) is 6.22. The Bertz CT molecular complexity index is 648. The summed E-state index contributed by atoms with van der Waals surface area (Å²) >= 11 is 0. The third-order valence-electron chi connectivity index (χ3n) is 3.33. The Morgan fingerprint density at radius 1 is 1.43 bits per heavy atom. The number of aliphatic hydroxyl groups is 1. The number of amides is 1. The Morgan fingerprint density at radius 3 is 2.76 bits per heavy atom. The lowest BCUT2D eigenvalue weighted by Crippen LogP contribution is -2.38. The summed E-state index contributed by atoms with van der Waals surface area (Å²) in [5, 5.41) is 16.4. The molecule has 0 saturated heterocycles. The average Bonchev–Trinajstić information content (AvgIpc) is 2.81. The van der Waals surface area contributed by atoms with Crippen LogP contribution in [0.2, 0.25) is 0 Å². The first-order valence-electron chi connectivity index (χ1n) is 7.16. The molecule has 0 aliphatic rings. The Labute approximate surface area is 124 Å². The van der Waals surface area contributed by atoms with Gasteiger partial charge in [0.2, 0.25) is 0 Å². The maximum atomic E-state index is 12.4. The van der Waals surface area contributed by atoms with Gasteiger partial charge in [0, 0.05) is 11.4 Å². The molecule has 0 radical (unpaired) electrons. The number of aryl methyl sites for hydroxylation is 2. The Balaban J connectivity index is 2.27. The predicted molar refractivity (Wildman–Crippen MR) is 80.3 cm³/mol. The number of fused-ring (bicyclic) bond motifs is 1. The minimum Gasteiger partial charge on any atom is -0.394 e. The van der Waals surface area contributed by atoms with Crippen molar-refractivity contribution in [1.29, 1.82) is 0 Å². The molecular formula is C15H22N4O2. The molecule has 0 aromatic carbocycles. The molecule has 0 bridgehead atoms. The topological polar surface area (TPSA) is 79.5 Å². The summed E-state index contributed by atoms with van der Waals surface area (Å²) in [7, 11) is 0. The SMILES string of the molecule is Cc1cc(C)n2ncc(C(=O)NC(CO)CC(C)C)c2n1. The van der Waals surface area contributed by atoms with E-state index in [0.29, 0.717) is 17.1 Å². The molecule has 21 heavy (non-hydrogen) atoms. The van der Waals surface area contributed by atoms with Gasteiger partial charge >= 0.3 is 0 Å². The Morgan fingerprint density at radius 2 is 2.14 bits per heavy atom. The molecule has 6 nitrogen and oxygen atoms in total. The van der Waals surface area contributed by atoms with Crippen LogP contribution in [0.4, 0.5) is 0 Å². The van der Waals surface area contributed by atoms with E-state index in [1.807, 2.05) is 19.9 Å². The van der Waals surface area contributed by atoms with Gasteiger partial charge in [0.25, 0.3) is 5.91 Å². The molecule has 1 atom stereocenters. The minimum absolute atomic E-state index is 0.0748. The van der Waals surface area contributed by atoms with Crippen molar-refractivity contribution in [3.63, 3.8) is 0 Å². The van der Waals surface area contributed by atoms with Crippen molar-refractivity contribution >= 4 is 11.6 Å². The standard InChI is InChI=1S/C15H22N4O2/c1-9(2)5-12(8-20)18-15(21)13-7-16-19-11(4)6-10(3)17-14(13)19/h6-7,9,12,20H,5,8H2,1-4H3,(H,18,21). The van der Waals surface area contributed by atoms with Gasteiger partial charge in [-0.1, -0.05) is 13.8 Å². The molecule has 6 heteroatoms. The number of aromatic nitrogens is 3. The molecule has 1 unspecified atom stereocenters. The quantitative estimate of drug-likeness (QED) is 0.874. The molecule has 2 heterocycles. The molecule has 0 aliphatic carbocycles. The number of aliphatic hydroxyl groups excluding tert-OH is 1. The van der Waals surface area contributed by atoms with Crippen molar-refractivity contribution < 1.29 is 9.90 Å². The normalized spacial score (nSPS) is 12.9. The first kappa shape index (κ1) is 15.4. The monoisotopic (exact) mass is 290 g/mol. The summed E-state index contributed by atoms with van der Waals surface area (Å²) in [5.41, 5.74) is 2.75. The molecule has 0 fully saturated rings. The summed E-state index contributed by atoms with van der Waals surface area (Å²) in [4.78, 5) is 16.8. The van der Waals surface area contributed by atoms with Crippen molar-refractivity contribution in [3.8, 4) is 0 Å². The number of nitrogens with one attached hydrogen (secondary N) is 1. The highest BCUT2D eigenvalue weighted by molar-refractivity contribution is 5.99. The molecule has 0 saturated carbocycles. The Kier molecular flexibility index (Phi) is 4.57. The minimum atomic E-state index is -0.252. The highest BCUT2D eigenvalue weighted by Gasteiger charge is 2.19. The summed E-state index contributed by atoms with van der Waals surface area (Å²) in [6.07, 6.45) is 2.25. The fraction of sp³-hybridized carbons (Fsp3) is 0.533. The van der Waals surface area contributed by atoms with Crippen LogP contribution in [0, 0.1) is 19.8 Å². The van der Waals surface area contributed by atoms with Gasteiger partial charge in [0.1, 0.15) is 5.56 Å². The van der Waals surface area contributed by atoms with Gasteiger partial charge in [0.15, 0.2) is 5.65 Å².